The highest BCUT2D eigenvalue weighted by Crippen LogP contribution is 1.99. The molecule has 2 N–H and O–H groups in total. The normalized spacial score (nSPS) is 13.9. The van der Waals surface area contributed by atoms with Crippen molar-refractivity contribution in [2.24, 2.45) is 0 Å². The Labute approximate surface area is 104 Å². The molecule has 0 aromatic carbocycles. The molecule has 4 nitrogen and oxygen atoms in total. The van der Waals surface area contributed by atoms with Gasteiger partial charge >= 0.3 is 0 Å². The van der Waals surface area contributed by atoms with Crippen molar-refractivity contribution in [3.05, 3.63) is 0 Å². The lowest BCUT2D eigenvalue weighted by Gasteiger charge is -2.12. The highest BCUT2D eigenvalue weighted by molar-refractivity contribution is 7.98. The molecule has 0 aliphatic carbocycles. The zero-order valence-electron chi connectivity index (χ0n) is 10.5. The van der Waals surface area contributed by atoms with Crippen molar-refractivity contribution in [2.45, 2.75) is 32.7 Å². The Kier molecular flexibility index (Phi) is 9.40. The molecule has 0 amide bonds. The van der Waals surface area contributed by atoms with Crippen LogP contribution < -0.4 is 10.0 Å². The number of hydrogen-bond donors (Lipinski definition) is 2. The third-order valence-electron chi connectivity index (χ3n) is 1.99. The Morgan fingerprint density at radius 1 is 1.31 bits per heavy atom. The van der Waals surface area contributed by atoms with Crippen LogP contribution in [0.1, 0.15) is 26.7 Å². The first-order valence-electron chi connectivity index (χ1n) is 5.71. The van der Waals surface area contributed by atoms with Crippen LogP contribution in [-0.2, 0) is 10.0 Å². The minimum atomic E-state index is -3.09. The molecule has 0 rings (SSSR count). The fraction of sp³-hybridized carbons (Fsp3) is 1.00. The fourth-order valence-electron chi connectivity index (χ4n) is 1.34. The van der Waals surface area contributed by atoms with Crippen LogP contribution in [0.4, 0.5) is 0 Å². The molecular formula is C10H24N2O2S2. The van der Waals surface area contributed by atoms with E-state index >= 15 is 0 Å². The molecule has 0 aromatic heterocycles. The number of nitrogens with one attached hydrogen (secondary N) is 2. The van der Waals surface area contributed by atoms with Gasteiger partial charge in [0.15, 0.2) is 0 Å². The minimum Gasteiger partial charge on any atom is -0.317 e. The number of sulfonamides is 1. The molecule has 98 valence electrons. The van der Waals surface area contributed by atoms with Crippen LogP contribution in [0.15, 0.2) is 0 Å². The van der Waals surface area contributed by atoms with Gasteiger partial charge in [0.05, 0.1) is 5.75 Å². The maximum absolute atomic E-state index is 11.6. The van der Waals surface area contributed by atoms with Crippen LogP contribution in [0.25, 0.3) is 0 Å². The van der Waals surface area contributed by atoms with Gasteiger partial charge in [0.1, 0.15) is 0 Å². The molecule has 1 atom stereocenters. The molecule has 0 spiro atoms. The van der Waals surface area contributed by atoms with Gasteiger partial charge in [-0.25, -0.2) is 13.1 Å². The molecule has 0 fully saturated rings. The zero-order chi connectivity index (χ0) is 12.4. The first kappa shape index (κ1) is 16.2. The van der Waals surface area contributed by atoms with Crippen molar-refractivity contribution >= 4 is 21.8 Å². The van der Waals surface area contributed by atoms with Gasteiger partial charge in [-0.05, 0) is 39.1 Å². The van der Waals surface area contributed by atoms with Crippen LogP contribution in [-0.4, -0.2) is 45.3 Å². The summed E-state index contributed by atoms with van der Waals surface area (Å²) in [6.45, 7) is 5.71. The molecule has 0 radical (unpaired) electrons. The topological polar surface area (TPSA) is 58.2 Å². The average molecular weight is 268 g/mol. The summed E-state index contributed by atoms with van der Waals surface area (Å²) in [5.74, 6) is 1.02. The summed E-state index contributed by atoms with van der Waals surface area (Å²) in [7, 11) is -3.09. The Balaban J connectivity index is 3.70. The molecule has 16 heavy (non-hydrogen) atoms. The summed E-state index contributed by atoms with van der Waals surface area (Å²) >= 11 is 1.65. The molecule has 0 saturated heterocycles. The second-order valence-corrected chi connectivity index (χ2v) is 6.68. The van der Waals surface area contributed by atoms with E-state index in [0.717, 1.165) is 25.3 Å². The Bertz CT molecular complexity index is 256. The standard InChI is InChI=1S/C10H24N2O2S2/c1-4-6-11-7-5-8-16(13,14)12-10(2)9-15-3/h10-12H,4-9H2,1-3H3. The Morgan fingerprint density at radius 3 is 2.56 bits per heavy atom. The van der Waals surface area contributed by atoms with Gasteiger partial charge in [0.2, 0.25) is 10.0 Å². The summed E-state index contributed by atoms with van der Waals surface area (Å²) < 4.78 is 25.9. The second kappa shape index (κ2) is 9.27. The van der Waals surface area contributed by atoms with E-state index in [9.17, 15) is 8.42 Å². The maximum atomic E-state index is 11.6. The van der Waals surface area contributed by atoms with Crippen molar-refractivity contribution in [3.8, 4) is 0 Å². The quantitative estimate of drug-likeness (QED) is 0.581. The highest BCUT2D eigenvalue weighted by Gasteiger charge is 2.13. The molecule has 6 heteroatoms. The van der Waals surface area contributed by atoms with Gasteiger partial charge in [0, 0.05) is 11.8 Å². The molecule has 0 saturated carbocycles. The van der Waals surface area contributed by atoms with E-state index in [-0.39, 0.29) is 11.8 Å². The van der Waals surface area contributed by atoms with E-state index in [4.69, 9.17) is 0 Å². The SMILES string of the molecule is CCCNCCCS(=O)(=O)NC(C)CSC. The van der Waals surface area contributed by atoms with Gasteiger partial charge in [0.25, 0.3) is 0 Å². The average Bonchev–Trinajstić information content (AvgIpc) is 2.16. The molecule has 1 unspecified atom stereocenters. The minimum absolute atomic E-state index is 0.0172. The largest absolute Gasteiger partial charge is 0.317 e. The fourth-order valence-corrected chi connectivity index (χ4v) is 3.37. The predicted octanol–water partition coefficient (Wildman–Crippen LogP) is 1.05. The molecular weight excluding hydrogens is 244 g/mol. The first-order valence-corrected chi connectivity index (χ1v) is 8.76. The summed E-state index contributed by atoms with van der Waals surface area (Å²) in [5.41, 5.74) is 0. The smallest absolute Gasteiger partial charge is 0.211 e. The number of thioether (sulfide) groups is 1. The highest BCUT2D eigenvalue weighted by atomic mass is 32.2. The van der Waals surface area contributed by atoms with Crippen molar-refractivity contribution in [2.75, 3.05) is 30.9 Å². The molecule has 0 bridgehead atoms. The first-order chi connectivity index (χ1) is 7.52. The number of rotatable bonds is 10. The third kappa shape index (κ3) is 9.45. The van der Waals surface area contributed by atoms with Gasteiger partial charge in [-0.2, -0.15) is 11.8 Å². The zero-order valence-corrected chi connectivity index (χ0v) is 12.1. The summed E-state index contributed by atoms with van der Waals surface area (Å²) in [6.07, 6.45) is 3.72. The second-order valence-electron chi connectivity index (χ2n) is 3.90. The van der Waals surface area contributed by atoms with Crippen LogP contribution in [0, 0.1) is 0 Å². The van der Waals surface area contributed by atoms with E-state index in [1.165, 1.54) is 0 Å². The van der Waals surface area contributed by atoms with Crippen LogP contribution >= 0.6 is 11.8 Å². The van der Waals surface area contributed by atoms with Gasteiger partial charge < -0.3 is 5.32 Å². The van der Waals surface area contributed by atoms with Crippen molar-refractivity contribution in [1.29, 1.82) is 0 Å². The monoisotopic (exact) mass is 268 g/mol. The summed E-state index contributed by atoms with van der Waals surface area (Å²) in [4.78, 5) is 0. The lowest BCUT2D eigenvalue weighted by atomic mass is 10.4. The lowest BCUT2D eigenvalue weighted by Crippen LogP contribution is -2.36. The van der Waals surface area contributed by atoms with Gasteiger partial charge in [-0.15, -0.1) is 0 Å². The molecule has 0 aliphatic heterocycles. The van der Waals surface area contributed by atoms with Crippen LogP contribution in [0.5, 0.6) is 0 Å². The molecule has 0 heterocycles. The van der Waals surface area contributed by atoms with Crippen molar-refractivity contribution in [1.82, 2.24) is 10.0 Å². The van der Waals surface area contributed by atoms with Gasteiger partial charge in [-0.3, -0.25) is 0 Å². The Morgan fingerprint density at radius 2 is 2.00 bits per heavy atom. The van der Waals surface area contributed by atoms with E-state index in [1.54, 1.807) is 11.8 Å². The molecule has 0 aliphatic rings. The Hall–Kier alpha value is 0.220. The van der Waals surface area contributed by atoms with E-state index in [0.29, 0.717) is 6.42 Å². The summed E-state index contributed by atoms with van der Waals surface area (Å²) in [6, 6.07) is 0.0172. The number of hydrogen-bond acceptors (Lipinski definition) is 4. The third-order valence-corrected chi connectivity index (χ3v) is 4.41. The maximum Gasteiger partial charge on any atom is 0.211 e. The lowest BCUT2D eigenvalue weighted by molar-refractivity contribution is 0.565. The predicted molar refractivity (Wildman–Crippen MR) is 72.5 cm³/mol. The molecule has 0 aromatic rings. The van der Waals surface area contributed by atoms with Crippen molar-refractivity contribution < 1.29 is 8.42 Å². The van der Waals surface area contributed by atoms with E-state index in [2.05, 4.69) is 17.0 Å². The van der Waals surface area contributed by atoms with Gasteiger partial charge in [-0.1, -0.05) is 6.92 Å². The van der Waals surface area contributed by atoms with E-state index < -0.39 is 10.0 Å². The summed E-state index contributed by atoms with van der Waals surface area (Å²) in [5, 5.41) is 3.19. The van der Waals surface area contributed by atoms with Crippen molar-refractivity contribution in [3.63, 3.8) is 0 Å². The van der Waals surface area contributed by atoms with Crippen LogP contribution in [0.2, 0.25) is 0 Å². The van der Waals surface area contributed by atoms with Crippen LogP contribution in [0.3, 0.4) is 0 Å². The van der Waals surface area contributed by atoms with E-state index in [1.807, 2.05) is 13.2 Å².